The van der Waals surface area contributed by atoms with Gasteiger partial charge in [-0.15, -0.1) is 0 Å². The molecule has 1 aliphatic rings. The minimum absolute atomic E-state index is 0.162. The molecule has 0 unspecified atom stereocenters. The Morgan fingerprint density at radius 3 is 2.43 bits per heavy atom. The number of nitrogens with one attached hydrogen (secondary N) is 1. The van der Waals surface area contributed by atoms with Gasteiger partial charge in [0, 0.05) is 6.04 Å². The van der Waals surface area contributed by atoms with Crippen LogP contribution < -0.4 is 5.32 Å². The van der Waals surface area contributed by atoms with Gasteiger partial charge in [0.25, 0.3) is 5.91 Å². The Bertz CT molecular complexity index is 327. The highest BCUT2D eigenvalue weighted by atomic mass is 19.1. The zero-order chi connectivity index (χ0) is 15.5. The monoisotopic (exact) mass is 297 g/mol. The molecule has 1 saturated carbocycles. The summed E-state index contributed by atoms with van der Waals surface area (Å²) < 4.78 is 13.7. The second kappa shape index (κ2) is 10.8. The molecule has 0 bridgehead atoms. The van der Waals surface area contributed by atoms with E-state index in [1.165, 1.54) is 38.2 Å². The fraction of sp³-hybridized carbons (Fsp3) is 0.833. The molecule has 1 N–H and O–H groups in total. The number of rotatable bonds is 10. The van der Waals surface area contributed by atoms with Crippen molar-refractivity contribution in [2.75, 3.05) is 0 Å². The Morgan fingerprint density at radius 2 is 1.81 bits per heavy atom. The maximum atomic E-state index is 13.7. The van der Waals surface area contributed by atoms with Gasteiger partial charge in [-0.25, -0.2) is 4.39 Å². The first-order valence-electron chi connectivity index (χ1n) is 8.81. The smallest absolute Gasteiger partial charge is 0.279 e. The molecule has 0 heterocycles. The van der Waals surface area contributed by atoms with Crippen LogP contribution in [-0.2, 0) is 4.79 Å². The SMILES string of the molecule is CCCCCCCCC/C=C(\F)C(=O)N[C@@H]1CCC[C@@H]1C. The van der Waals surface area contributed by atoms with E-state index >= 15 is 0 Å². The lowest BCUT2D eigenvalue weighted by Crippen LogP contribution is -2.36. The Labute approximate surface area is 129 Å². The van der Waals surface area contributed by atoms with Crippen molar-refractivity contribution >= 4 is 5.91 Å². The van der Waals surface area contributed by atoms with Crippen molar-refractivity contribution in [1.29, 1.82) is 0 Å². The fourth-order valence-electron chi connectivity index (χ4n) is 3.02. The molecule has 2 nitrogen and oxygen atoms in total. The number of hydrogen-bond donors (Lipinski definition) is 1. The quantitative estimate of drug-likeness (QED) is 0.431. The number of carbonyl (C=O) groups is 1. The summed E-state index contributed by atoms with van der Waals surface area (Å²) in [6.45, 7) is 4.34. The van der Waals surface area contributed by atoms with E-state index in [0.717, 1.165) is 32.1 Å². The summed E-state index contributed by atoms with van der Waals surface area (Å²) in [5.74, 6) is -0.637. The number of halogens is 1. The van der Waals surface area contributed by atoms with Gasteiger partial charge in [0.2, 0.25) is 0 Å². The van der Waals surface area contributed by atoms with E-state index in [-0.39, 0.29) is 6.04 Å². The van der Waals surface area contributed by atoms with Gasteiger partial charge in [0.15, 0.2) is 5.83 Å². The summed E-state index contributed by atoms with van der Waals surface area (Å²) in [7, 11) is 0. The van der Waals surface area contributed by atoms with Crippen LogP contribution in [0.1, 0.15) is 84.5 Å². The molecule has 3 heteroatoms. The highest BCUT2D eigenvalue weighted by Crippen LogP contribution is 2.25. The largest absolute Gasteiger partial charge is 0.347 e. The highest BCUT2D eigenvalue weighted by molar-refractivity contribution is 5.91. The Hall–Kier alpha value is -0.860. The number of amides is 1. The summed E-state index contributed by atoms with van der Waals surface area (Å²) in [5.41, 5.74) is 0. The lowest BCUT2D eigenvalue weighted by Gasteiger charge is -2.16. The van der Waals surface area contributed by atoms with Crippen molar-refractivity contribution in [1.82, 2.24) is 5.32 Å². The lowest BCUT2D eigenvalue weighted by molar-refractivity contribution is -0.119. The summed E-state index contributed by atoms with van der Waals surface area (Å²) in [6, 6.07) is 0.162. The molecule has 0 spiro atoms. The van der Waals surface area contributed by atoms with E-state index in [9.17, 15) is 9.18 Å². The van der Waals surface area contributed by atoms with Crippen LogP contribution in [0.2, 0.25) is 0 Å². The van der Waals surface area contributed by atoms with Crippen molar-refractivity contribution < 1.29 is 9.18 Å². The third-order valence-electron chi connectivity index (χ3n) is 4.53. The molecule has 0 aromatic rings. The third kappa shape index (κ3) is 7.63. The van der Waals surface area contributed by atoms with Crippen molar-refractivity contribution in [3.05, 3.63) is 11.9 Å². The minimum atomic E-state index is -0.597. The summed E-state index contributed by atoms with van der Waals surface area (Å²) in [5, 5.41) is 2.82. The molecule has 1 amide bonds. The molecule has 122 valence electrons. The second-order valence-corrected chi connectivity index (χ2v) is 6.45. The molecule has 1 fully saturated rings. The van der Waals surface area contributed by atoms with E-state index in [4.69, 9.17) is 0 Å². The van der Waals surface area contributed by atoms with Crippen LogP contribution in [0.3, 0.4) is 0 Å². The lowest BCUT2D eigenvalue weighted by atomic mass is 10.1. The zero-order valence-electron chi connectivity index (χ0n) is 13.8. The molecule has 0 aromatic carbocycles. The maximum absolute atomic E-state index is 13.7. The van der Waals surface area contributed by atoms with Crippen LogP contribution in [0.25, 0.3) is 0 Å². The van der Waals surface area contributed by atoms with E-state index in [1.54, 1.807) is 0 Å². The predicted molar refractivity (Wildman–Crippen MR) is 86.7 cm³/mol. The summed E-state index contributed by atoms with van der Waals surface area (Å²) in [6.07, 6.45) is 13.9. The van der Waals surface area contributed by atoms with Crippen LogP contribution in [0.4, 0.5) is 4.39 Å². The predicted octanol–water partition coefficient (Wildman–Crippen LogP) is 5.29. The Kier molecular flexibility index (Phi) is 9.36. The van der Waals surface area contributed by atoms with Crippen LogP contribution in [0.5, 0.6) is 0 Å². The molecular weight excluding hydrogens is 265 g/mol. The molecule has 1 rings (SSSR count). The van der Waals surface area contributed by atoms with Crippen molar-refractivity contribution in [2.45, 2.75) is 90.5 Å². The second-order valence-electron chi connectivity index (χ2n) is 6.45. The Morgan fingerprint density at radius 1 is 1.14 bits per heavy atom. The van der Waals surface area contributed by atoms with Gasteiger partial charge >= 0.3 is 0 Å². The maximum Gasteiger partial charge on any atom is 0.279 e. The highest BCUT2D eigenvalue weighted by Gasteiger charge is 2.25. The van der Waals surface area contributed by atoms with Gasteiger partial charge < -0.3 is 5.32 Å². The average Bonchev–Trinajstić information content (AvgIpc) is 2.87. The molecule has 2 atom stereocenters. The topological polar surface area (TPSA) is 29.1 Å². The average molecular weight is 297 g/mol. The van der Waals surface area contributed by atoms with Gasteiger partial charge in [-0.3, -0.25) is 4.79 Å². The van der Waals surface area contributed by atoms with Gasteiger partial charge in [0.05, 0.1) is 0 Å². The standard InChI is InChI=1S/C18H32FNO/c1-3-4-5-6-7-8-9-10-13-16(19)18(21)20-17-14-11-12-15(17)2/h13,15,17H,3-12,14H2,1-2H3,(H,20,21)/b16-13-/t15-,17+/m0/s1. The first kappa shape index (κ1) is 18.2. The Balaban J connectivity index is 2.10. The normalized spacial score (nSPS) is 22.5. The molecule has 0 aliphatic heterocycles. The van der Waals surface area contributed by atoms with E-state index < -0.39 is 11.7 Å². The number of allylic oxidation sites excluding steroid dienone is 1. The number of carbonyl (C=O) groups excluding carboxylic acids is 1. The number of hydrogen-bond acceptors (Lipinski definition) is 1. The van der Waals surface area contributed by atoms with Crippen molar-refractivity contribution in [3.63, 3.8) is 0 Å². The van der Waals surface area contributed by atoms with Gasteiger partial charge in [0.1, 0.15) is 0 Å². The van der Waals surface area contributed by atoms with Gasteiger partial charge in [-0.2, -0.15) is 0 Å². The van der Waals surface area contributed by atoms with E-state index in [0.29, 0.717) is 12.3 Å². The fourth-order valence-corrected chi connectivity index (χ4v) is 3.02. The molecule has 0 aromatic heterocycles. The van der Waals surface area contributed by atoms with Crippen molar-refractivity contribution in [3.8, 4) is 0 Å². The molecule has 1 aliphatic carbocycles. The van der Waals surface area contributed by atoms with Gasteiger partial charge in [-0.1, -0.05) is 58.8 Å². The van der Waals surface area contributed by atoms with Crippen LogP contribution in [-0.4, -0.2) is 11.9 Å². The third-order valence-corrected chi connectivity index (χ3v) is 4.53. The molecule has 0 radical (unpaired) electrons. The number of unbranched alkanes of at least 4 members (excludes halogenated alkanes) is 7. The van der Waals surface area contributed by atoms with Crippen LogP contribution >= 0.6 is 0 Å². The van der Waals surface area contributed by atoms with Crippen LogP contribution in [0.15, 0.2) is 11.9 Å². The molecule has 21 heavy (non-hydrogen) atoms. The molecular formula is C18H32FNO. The minimum Gasteiger partial charge on any atom is -0.347 e. The van der Waals surface area contributed by atoms with E-state index in [1.807, 2.05) is 0 Å². The van der Waals surface area contributed by atoms with Crippen molar-refractivity contribution in [2.24, 2.45) is 5.92 Å². The first-order valence-corrected chi connectivity index (χ1v) is 8.81. The van der Waals surface area contributed by atoms with E-state index in [2.05, 4.69) is 19.2 Å². The molecule has 0 saturated heterocycles. The zero-order valence-corrected chi connectivity index (χ0v) is 13.8. The van der Waals surface area contributed by atoms with Crippen LogP contribution in [0, 0.1) is 5.92 Å². The summed E-state index contributed by atoms with van der Waals surface area (Å²) in [4.78, 5) is 11.7. The summed E-state index contributed by atoms with van der Waals surface area (Å²) >= 11 is 0. The first-order chi connectivity index (χ1) is 10.1. The van der Waals surface area contributed by atoms with Gasteiger partial charge in [-0.05, 0) is 37.7 Å².